The predicted molar refractivity (Wildman–Crippen MR) is 95.5 cm³/mol. The molecule has 0 aliphatic carbocycles. The number of nitrogens with two attached hydrogens (primary N) is 2. The highest BCUT2D eigenvalue weighted by Gasteiger charge is 2.07. The molecule has 1 aromatic heterocycles. The topological polar surface area (TPSA) is 68.2 Å². The van der Waals surface area contributed by atoms with Crippen molar-refractivity contribution < 1.29 is 0 Å². The zero-order chi connectivity index (χ0) is 13.5. The Kier molecular flexibility index (Phi) is 10.4. The molecule has 0 amide bonds. The smallest absolute Gasteiger partial charge is 0.180 e. The standard InChI is InChI=1S/C14H20N4S.2ClH/c15-7-9-18(11-13-10-17-14(16)19-13)8-6-12-4-2-1-3-5-12;;/h1-5,10H,6-9,11,15H2,(H2,16,17);2*1H. The van der Waals surface area contributed by atoms with Gasteiger partial charge in [-0.2, -0.15) is 0 Å². The minimum Gasteiger partial charge on any atom is -0.375 e. The fourth-order valence-electron chi connectivity index (χ4n) is 2.00. The lowest BCUT2D eigenvalue weighted by molar-refractivity contribution is 0.278. The first-order valence-corrected chi connectivity index (χ1v) is 7.26. The van der Waals surface area contributed by atoms with Crippen molar-refractivity contribution in [3.05, 3.63) is 47.0 Å². The molecule has 0 unspecified atom stereocenters. The van der Waals surface area contributed by atoms with Gasteiger partial charge in [0.15, 0.2) is 5.13 Å². The van der Waals surface area contributed by atoms with Crippen LogP contribution in [0.1, 0.15) is 10.4 Å². The Bertz CT molecular complexity index is 493. The highest BCUT2D eigenvalue weighted by atomic mass is 35.5. The summed E-state index contributed by atoms with van der Waals surface area (Å²) in [6, 6.07) is 10.5. The molecule has 1 heterocycles. The Hall–Kier alpha value is -0.850. The monoisotopic (exact) mass is 348 g/mol. The Labute approximate surface area is 142 Å². The van der Waals surface area contributed by atoms with Crippen molar-refractivity contribution in [1.82, 2.24) is 9.88 Å². The van der Waals surface area contributed by atoms with Gasteiger partial charge < -0.3 is 11.5 Å². The SMILES string of the molecule is Cl.Cl.NCCN(CCc1ccccc1)Cc1cnc(N)s1. The van der Waals surface area contributed by atoms with Gasteiger partial charge in [-0.05, 0) is 12.0 Å². The summed E-state index contributed by atoms with van der Waals surface area (Å²) in [7, 11) is 0. The first-order valence-electron chi connectivity index (χ1n) is 6.44. The highest BCUT2D eigenvalue weighted by molar-refractivity contribution is 7.15. The van der Waals surface area contributed by atoms with Crippen LogP contribution in [0.25, 0.3) is 0 Å². The quantitative estimate of drug-likeness (QED) is 0.806. The van der Waals surface area contributed by atoms with Crippen molar-refractivity contribution >= 4 is 41.3 Å². The van der Waals surface area contributed by atoms with E-state index in [1.807, 2.05) is 12.3 Å². The van der Waals surface area contributed by atoms with Gasteiger partial charge in [-0.15, -0.1) is 36.2 Å². The third-order valence-corrected chi connectivity index (χ3v) is 3.77. The summed E-state index contributed by atoms with van der Waals surface area (Å²) >= 11 is 1.55. The molecule has 0 aliphatic heterocycles. The van der Waals surface area contributed by atoms with Crippen LogP contribution < -0.4 is 11.5 Å². The van der Waals surface area contributed by atoms with Crippen molar-refractivity contribution in [2.75, 3.05) is 25.4 Å². The summed E-state index contributed by atoms with van der Waals surface area (Å²) in [6.45, 7) is 3.44. The van der Waals surface area contributed by atoms with Gasteiger partial charge in [0.1, 0.15) is 0 Å². The molecule has 0 atom stereocenters. The number of hydrogen-bond donors (Lipinski definition) is 2. The molecule has 21 heavy (non-hydrogen) atoms. The molecule has 118 valence electrons. The average Bonchev–Trinajstić information content (AvgIpc) is 2.83. The molecule has 4 nitrogen and oxygen atoms in total. The van der Waals surface area contributed by atoms with E-state index >= 15 is 0 Å². The molecule has 0 spiro atoms. The Morgan fingerprint density at radius 3 is 2.38 bits per heavy atom. The average molecular weight is 349 g/mol. The number of nitrogens with zero attached hydrogens (tertiary/aromatic N) is 2. The Balaban J connectivity index is 0.00000200. The normalized spacial score (nSPS) is 10.0. The minimum absolute atomic E-state index is 0. The lowest BCUT2D eigenvalue weighted by Gasteiger charge is -2.20. The van der Waals surface area contributed by atoms with E-state index in [-0.39, 0.29) is 24.8 Å². The second-order valence-electron chi connectivity index (χ2n) is 4.47. The molecule has 0 bridgehead atoms. The third-order valence-electron chi connectivity index (χ3n) is 2.96. The number of hydrogen-bond acceptors (Lipinski definition) is 5. The molecular weight excluding hydrogens is 327 g/mol. The van der Waals surface area contributed by atoms with Gasteiger partial charge in [0.25, 0.3) is 0 Å². The number of aromatic nitrogens is 1. The van der Waals surface area contributed by atoms with Crippen molar-refractivity contribution in [1.29, 1.82) is 0 Å². The molecule has 0 aliphatic rings. The first kappa shape index (κ1) is 20.1. The van der Waals surface area contributed by atoms with Crippen LogP contribution in [0.2, 0.25) is 0 Å². The van der Waals surface area contributed by atoms with Crippen LogP contribution >= 0.6 is 36.2 Å². The number of halogens is 2. The molecule has 2 rings (SSSR count). The van der Waals surface area contributed by atoms with E-state index in [9.17, 15) is 0 Å². The van der Waals surface area contributed by atoms with Crippen molar-refractivity contribution in [2.45, 2.75) is 13.0 Å². The highest BCUT2D eigenvalue weighted by Crippen LogP contribution is 2.16. The summed E-state index contributed by atoms with van der Waals surface area (Å²) in [5.74, 6) is 0. The van der Waals surface area contributed by atoms with E-state index in [0.717, 1.165) is 26.1 Å². The van der Waals surface area contributed by atoms with Gasteiger partial charge in [-0.25, -0.2) is 4.98 Å². The number of thiazole rings is 1. The molecule has 0 saturated heterocycles. The van der Waals surface area contributed by atoms with E-state index in [1.54, 1.807) is 11.3 Å². The predicted octanol–water partition coefficient (Wildman–Crippen LogP) is 2.57. The molecular formula is C14H22Cl2N4S. The zero-order valence-electron chi connectivity index (χ0n) is 11.8. The van der Waals surface area contributed by atoms with E-state index in [1.165, 1.54) is 10.4 Å². The van der Waals surface area contributed by atoms with Crippen LogP contribution in [-0.4, -0.2) is 29.5 Å². The first-order chi connectivity index (χ1) is 9.28. The number of benzene rings is 1. The number of rotatable bonds is 7. The molecule has 4 N–H and O–H groups in total. The summed E-state index contributed by atoms with van der Waals surface area (Å²) in [5, 5.41) is 0.630. The van der Waals surface area contributed by atoms with Crippen molar-refractivity contribution in [3.8, 4) is 0 Å². The summed E-state index contributed by atoms with van der Waals surface area (Å²) in [4.78, 5) is 7.63. The van der Waals surface area contributed by atoms with Gasteiger partial charge >= 0.3 is 0 Å². The van der Waals surface area contributed by atoms with Gasteiger partial charge in [-0.1, -0.05) is 30.3 Å². The fraction of sp³-hybridized carbons (Fsp3) is 0.357. The van der Waals surface area contributed by atoms with Gasteiger partial charge in [0.05, 0.1) is 0 Å². The van der Waals surface area contributed by atoms with Crippen LogP contribution in [0.3, 0.4) is 0 Å². The van der Waals surface area contributed by atoms with E-state index in [2.05, 4.69) is 34.1 Å². The lowest BCUT2D eigenvalue weighted by atomic mass is 10.1. The van der Waals surface area contributed by atoms with Gasteiger partial charge in [0.2, 0.25) is 0 Å². The second kappa shape index (κ2) is 10.8. The summed E-state index contributed by atoms with van der Waals surface area (Å²) in [6.07, 6.45) is 2.89. The molecule has 1 aromatic carbocycles. The fourth-order valence-corrected chi connectivity index (χ4v) is 2.73. The largest absolute Gasteiger partial charge is 0.375 e. The number of nitrogen functional groups attached to an aromatic ring is 1. The second-order valence-corrected chi connectivity index (χ2v) is 5.61. The van der Waals surface area contributed by atoms with Crippen LogP contribution in [0.5, 0.6) is 0 Å². The molecule has 7 heteroatoms. The van der Waals surface area contributed by atoms with Crippen LogP contribution in [0, 0.1) is 0 Å². The van der Waals surface area contributed by atoms with E-state index < -0.39 is 0 Å². The zero-order valence-corrected chi connectivity index (χ0v) is 14.2. The van der Waals surface area contributed by atoms with Crippen molar-refractivity contribution in [2.24, 2.45) is 5.73 Å². The Morgan fingerprint density at radius 2 is 1.81 bits per heavy atom. The van der Waals surface area contributed by atoms with E-state index in [0.29, 0.717) is 11.7 Å². The molecule has 0 radical (unpaired) electrons. The maximum absolute atomic E-state index is 5.68. The lowest BCUT2D eigenvalue weighted by Crippen LogP contribution is -2.30. The maximum atomic E-state index is 5.68. The molecule has 0 saturated carbocycles. The van der Waals surface area contributed by atoms with Gasteiger partial charge in [-0.3, -0.25) is 4.90 Å². The van der Waals surface area contributed by atoms with E-state index in [4.69, 9.17) is 11.5 Å². The summed E-state index contributed by atoms with van der Waals surface area (Å²) in [5.41, 5.74) is 12.7. The summed E-state index contributed by atoms with van der Waals surface area (Å²) < 4.78 is 0. The van der Waals surface area contributed by atoms with Crippen LogP contribution in [-0.2, 0) is 13.0 Å². The molecule has 2 aromatic rings. The van der Waals surface area contributed by atoms with Crippen molar-refractivity contribution in [3.63, 3.8) is 0 Å². The third kappa shape index (κ3) is 7.11. The minimum atomic E-state index is 0. The number of anilines is 1. The van der Waals surface area contributed by atoms with Crippen LogP contribution in [0.15, 0.2) is 36.5 Å². The molecule has 0 fully saturated rings. The Morgan fingerprint density at radius 1 is 1.10 bits per heavy atom. The van der Waals surface area contributed by atoms with Crippen LogP contribution in [0.4, 0.5) is 5.13 Å². The van der Waals surface area contributed by atoms with Gasteiger partial charge in [0, 0.05) is 37.3 Å². The maximum Gasteiger partial charge on any atom is 0.180 e.